The van der Waals surface area contributed by atoms with E-state index in [0.717, 1.165) is 23.1 Å². The molecule has 178 valence electrons. The number of piperazine rings is 1. The van der Waals surface area contributed by atoms with Gasteiger partial charge in [0, 0.05) is 18.1 Å². The van der Waals surface area contributed by atoms with Crippen molar-refractivity contribution < 1.29 is 27.9 Å². The van der Waals surface area contributed by atoms with E-state index in [4.69, 9.17) is 0 Å². The first-order valence-electron chi connectivity index (χ1n) is 10.3. The van der Waals surface area contributed by atoms with Gasteiger partial charge in [-0.05, 0) is 42.8 Å². The van der Waals surface area contributed by atoms with Gasteiger partial charge in [0.1, 0.15) is 0 Å². The van der Waals surface area contributed by atoms with Gasteiger partial charge in [-0.2, -0.15) is 18.4 Å². The van der Waals surface area contributed by atoms with Crippen LogP contribution in [0.3, 0.4) is 0 Å². The summed E-state index contributed by atoms with van der Waals surface area (Å²) in [5, 5.41) is 21.8. The summed E-state index contributed by atoms with van der Waals surface area (Å²) >= 11 is 0. The lowest BCUT2D eigenvalue weighted by Crippen LogP contribution is -2.68. The van der Waals surface area contributed by atoms with E-state index in [0.29, 0.717) is 11.1 Å². The molecule has 1 aliphatic rings. The molecule has 2 aromatic carbocycles. The number of nitriles is 1. The summed E-state index contributed by atoms with van der Waals surface area (Å²) in [5.41, 5.74) is -1.55. The quantitative estimate of drug-likeness (QED) is 0.548. The normalized spacial score (nSPS) is 22.5. The number of carboxylic acids is 1. The van der Waals surface area contributed by atoms with Crippen LogP contribution in [0.2, 0.25) is 0 Å². The van der Waals surface area contributed by atoms with Gasteiger partial charge in [-0.1, -0.05) is 18.2 Å². The lowest BCUT2D eigenvalue weighted by molar-refractivity contribution is -0.146. The zero-order valence-electron chi connectivity index (χ0n) is 18.2. The third kappa shape index (κ3) is 4.20. The highest BCUT2D eigenvalue weighted by molar-refractivity contribution is 6.11. The monoisotopic (exact) mass is 481 g/mol. The Morgan fingerprint density at radius 2 is 1.91 bits per heavy atom. The molecule has 1 fully saturated rings. The second-order valence-corrected chi connectivity index (χ2v) is 8.06. The maximum absolute atomic E-state index is 13.5. The van der Waals surface area contributed by atoms with E-state index in [1.807, 2.05) is 6.07 Å². The summed E-state index contributed by atoms with van der Waals surface area (Å²) < 4.78 is 40.6. The Labute approximate surface area is 197 Å². The fourth-order valence-electron chi connectivity index (χ4n) is 4.29. The average molecular weight is 481 g/mol. The summed E-state index contributed by atoms with van der Waals surface area (Å²) in [7, 11) is 0. The van der Waals surface area contributed by atoms with Gasteiger partial charge in [0.25, 0.3) is 5.91 Å². The van der Waals surface area contributed by atoms with Crippen molar-refractivity contribution in [3.63, 3.8) is 0 Å². The van der Waals surface area contributed by atoms with Crippen LogP contribution in [0.5, 0.6) is 0 Å². The molecule has 2 heterocycles. The van der Waals surface area contributed by atoms with Crippen LogP contribution < -0.4 is 10.2 Å². The number of hydrogen-bond acceptors (Lipinski definition) is 6. The van der Waals surface area contributed by atoms with Crippen molar-refractivity contribution in [3.8, 4) is 6.07 Å². The van der Waals surface area contributed by atoms with Gasteiger partial charge < -0.3 is 5.11 Å². The Kier molecular flexibility index (Phi) is 6.00. The van der Waals surface area contributed by atoms with Crippen molar-refractivity contribution in [2.45, 2.75) is 30.7 Å². The largest absolute Gasteiger partial charge is 0.480 e. The van der Waals surface area contributed by atoms with E-state index in [1.54, 1.807) is 19.1 Å². The molecule has 0 spiro atoms. The molecule has 35 heavy (non-hydrogen) atoms. The molecule has 0 saturated carbocycles. The van der Waals surface area contributed by atoms with Gasteiger partial charge in [0.2, 0.25) is 0 Å². The topological polar surface area (TPSA) is 119 Å². The average Bonchev–Trinajstić information content (AvgIpc) is 2.84. The zero-order valence-corrected chi connectivity index (χ0v) is 18.2. The van der Waals surface area contributed by atoms with Crippen molar-refractivity contribution in [1.29, 1.82) is 5.26 Å². The molecule has 3 atom stereocenters. The molecule has 0 bridgehead atoms. The molecule has 8 nitrogen and oxygen atoms in total. The van der Waals surface area contributed by atoms with Gasteiger partial charge in [0.05, 0.1) is 40.7 Å². The molecular weight excluding hydrogens is 463 g/mol. The number of halogens is 3. The molecule has 0 aliphatic carbocycles. The standard InChI is InChI=1S/C24H18F3N5O3/c1-23(15-7-5-14(12-28)6-8-15)20(18-13-29-9-10-30-18)31-19(22(34)35)21(33)32(23)17-4-2-3-16(11-17)24(25,26)27/h2-11,13,19-20,31H,1H3,(H,34,35). The predicted molar refractivity (Wildman–Crippen MR) is 117 cm³/mol. The lowest BCUT2D eigenvalue weighted by atomic mass is 9.77. The summed E-state index contributed by atoms with van der Waals surface area (Å²) in [6, 6.07) is 9.52. The van der Waals surface area contributed by atoms with Gasteiger partial charge in [-0.25, -0.2) is 4.79 Å². The van der Waals surface area contributed by atoms with Gasteiger partial charge in [0.15, 0.2) is 6.04 Å². The number of nitrogens with zero attached hydrogens (tertiary/aromatic N) is 4. The second-order valence-electron chi connectivity index (χ2n) is 8.06. The van der Waals surface area contributed by atoms with E-state index in [2.05, 4.69) is 15.3 Å². The highest BCUT2D eigenvalue weighted by atomic mass is 19.4. The van der Waals surface area contributed by atoms with Crippen molar-refractivity contribution in [2.24, 2.45) is 0 Å². The Bertz CT molecular complexity index is 1310. The van der Waals surface area contributed by atoms with E-state index in [9.17, 15) is 33.1 Å². The van der Waals surface area contributed by atoms with Crippen LogP contribution in [0.4, 0.5) is 18.9 Å². The van der Waals surface area contributed by atoms with Gasteiger partial charge in [-0.15, -0.1) is 0 Å². The smallest absolute Gasteiger partial charge is 0.416 e. The fraction of sp³-hybridized carbons (Fsp3) is 0.208. The number of carbonyl (C=O) groups is 2. The Morgan fingerprint density at radius 3 is 2.49 bits per heavy atom. The second kappa shape index (κ2) is 8.81. The molecule has 4 rings (SSSR count). The number of hydrogen-bond donors (Lipinski definition) is 2. The molecule has 1 saturated heterocycles. The molecule has 11 heteroatoms. The van der Waals surface area contributed by atoms with E-state index in [-0.39, 0.29) is 11.4 Å². The van der Waals surface area contributed by atoms with Crippen molar-refractivity contribution in [2.75, 3.05) is 4.90 Å². The van der Waals surface area contributed by atoms with Crippen LogP contribution >= 0.6 is 0 Å². The molecule has 3 aromatic rings. The number of rotatable bonds is 4. The van der Waals surface area contributed by atoms with Crippen LogP contribution in [0.25, 0.3) is 0 Å². The number of aromatic nitrogens is 2. The predicted octanol–water partition coefficient (Wildman–Crippen LogP) is 3.41. The zero-order chi connectivity index (χ0) is 25.4. The van der Waals surface area contributed by atoms with Crippen molar-refractivity contribution in [1.82, 2.24) is 15.3 Å². The number of nitrogens with one attached hydrogen (secondary N) is 1. The Morgan fingerprint density at radius 1 is 1.20 bits per heavy atom. The molecule has 1 amide bonds. The molecule has 2 N–H and O–H groups in total. The minimum absolute atomic E-state index is 0.140. The summed E-state index contributed by atoms with van der Waals surface area (Å²) in [5.74, 6) is -2.45. The highest BCUT2D eigenvalue weighted by Crippen LogP contribution is 2.46. The molecular formula is C24H18F3N5O3. The fourth-order valence-corrected chi connectivity index (χ4v) is 4.29. The van der Waals surface area contributed by atoms with E-state index in [1.165, 1.54) is 36.8 Å². The Hall–Kier alpha value is -4.30. The number of anilines is 1. The number of amides is 1. The Balaban J connectivity index is 2.00. The minimum atomic E-state index is -4.69. The van der Waals surface area contributed by atoms with Crippen LogP contribution in [0.15, 0.2) is 67.1 Å². The minimum Gasteiger partial charge on any atom is -0.480 e. The first-order valence-corrected chi connectivity index (χ1v) is 10.3. The third-order valence-corrected chi connectivity index (χ3v) is 5.98. The SMILES string of the molecule is CC1(c2ccc(C#N)cc2)C(c2cnccn2)NC(C(=O)O)C(=O)N1c1cccc(C(F)(F)F)c1. The van der Waals surface area contributed by atoms with Crippen LogP contribution in [0.1, 0.15) is 35.3 Å². The molecule has 3 unspecified atom stereocenters. The van der Waals surface area contributed by atoms with Crippen LogP contribution in [-0.4, -0.2) is 33.0 Å². The van der Waals surface area contributed by atoms with Crippen LogP contribution in [-0.2, 0) is 21.3 Å². The number of carbonyl (C=O) groups excluding carboxylic acids is 1. The van der Waals surface area contributed by atoms with E-state index < -0.39 is 41.2 Å². The van der Waals surface area contributed by atoms with Crippen molar-refractivity contribution >= 4 is 17.6 Å². The first-order chi connectivity index (χ1) is 16.6. The summed E-state index contributed by atoms with van der Waals surface area (Å²) in [6.07, 6.45) is -0.500. The van der Waals surface area contributed by atoms with E-state index >= 15 is 0 Å². The van der Waals surface area contributed by atoms with Gasteiger partial charge >= 0.3 is 12.1 Å². The number of carboxylic acid groups (broad SMARTS) is 1. The van der Waals surface area contributed by atoms with Gasteiger partial charge in [-0.3, -0.25) is 25.0 Å². The number of aliphatic carboxylic acids is 1. The van der Waals surface area contributed by atoms with Crippen LogP contribution in [0, 0.1) is 11.3 Å². The summed E-state index contributed by atoms with van der Waals surface area (Å²) in [6.45, 7) is 1.59. The molecule has 1 aromatic heterocycles. The first kappa shape index (κ1) is 23.8. The number of benzene rings is 2. The van der Waals surface area contributed by atoms with Crippen molar-refractivity contribution in [3.05, 3.63) is 89.5 Å². The third-order valence-electron chi connectivity index (χ3n) is 5.98. The summed E-state index contributed by atoms with van der Waals surface area (Å²) in [4.78, 5) is 34.9. The molecule has 1 aliphatic heterocycles. The maximum atomic E-state index is 13.5. The lowest BCUT2D eigenvalue weighted by Gasteiger charge is -2.51. The molecule has 0 radical (unpaired) electrons. The highest BCUT2D eigenvalue weighted by Gasteiger charge is 2.54. The maximum Gasteiger partial charge on any atom is 0.416 e. The number of alkyl halides is 3.